The first-order valence-electron chi connectivity index (χ1n) is 8.56. The molecule has 0 spiro atoms. The molecule has 3 rings (SSSR count). The molecule has 0 bridgehead atoms. The molecule has 0 radical (unpaired) electrons. The summed E-state index contributed by atoms with van der Waals surface area (Å²) in [4.78, 5) is 28.0. The van der Waals surface area contributed by atoms with Gasteiger partial charge in [0.05, 0.1) is 18.3 Å². The number of hydrogen-bond donors (Lipinski definition) is 1. The summed E-state index contributed by atoms with van der Waals surface area (Å²) < 4.78 is 1.77. The molecule has 1 aromatic carbocycles. The zero-order valence-corrected chi connectivity index (χ0v) is 14.4. The van der Waals surface area contributed by atoms with Crippen molar-refractivity contribution in [2.24, 2.45) is 0 Å². The summed E-state index contributed by atoms with van der Waals surface area (Å²) in [5, 5.41) is 7.08. The van der Waals surface area contributed by atoms with E-state index in [9.17, 15) is 9.59 Å². The van der Waals surface area contributed by atoms with Crippen molar-refractivity contribution in [2.75, 3.05) is 32.7 Å². The number of urea groups is 1. The van der Waals surface area contributed by atoms with Gasteiger partial charge in [0.25, 0.3) is 5.91 Å². The van der Waals surface area contributed by atoms with Crippen LogP contribution in [0.2, 0.25) is 0 Å². The van der Waals surface area contributed by atoms with Crippen molar-refractivity contribution in [3.8, 4) is 0 Å². The fraction of sp³-hybridized carbons (Fsp3) is 0.389. The molecule has 1 aromatic heterocycles. The molecule has 7 nitrogen and oxygen atoms in total. The number of aromatic nitrogens is 2. The number of carbonyl (C=O) groups excluding carboxylic acids is 2. The first-order valence-corrected chi connectivity index (χ1v) is 8.56. The fourth-order valence-corrected chi connectivity index (χ4v) is 2.89. The minimum absolute atomic E-state index is 0.0325. The molecule has 1 N–H and O–H groups in total. The van der Waals surface area contributed by atoms with Crippen LogP contribution < -0.4 is 5.32 Å². The monoisotopic (exact) mass is 341 g/mol. The minimum Gasteiger partial charge on any atom is -0.338 e. The molecule has 0 aliphatic carbocycles. The Kier molecular flexibility index (Phi) is 5.33. The predicted molar refractivity (Wildman–Crippen MR) is 94.3 cm³/mol. The zero-order valence-electron chi connectivity index (χ0n) is 14.4. The summed E-state index contributed by atoms with van der Waals surface area (Å²) in [5.41, 5.74) is 1.72. The van der Waals surface area contributed by atoms with Crippen molar-refractivity contribution in [3.63, 3.8) is 0 Å². The maximum atomic E-state index is 12.6. The van der Waals surface area contributed by atoms with E-state index >= 15 is 0 Å². The van der Waals surface area contributed by atoms with Crippen molar-refractivity contribution in [1.82, 2.24) is 24.9 Å². The van der Waals surface area contributed by atoms with E-state index in [1.807, 2.05) is 37.3 Å². The van der Waals surface area contributed by atoms with Crippen LogP contribution in [0, 0.1) is 0 Å². The highest BCUT2D eigenvalue weighted by Crippen LogP contribution is 2.10. The van der Waals surface area contributed by atoms with Crippen molar-refractivity contribution >= 4 is 11.9 Å². The van der Waals surface area contributed by atoms with Crippen LogP contribution in [0.1, 0.15) is 22.8 Å². The molecule has 1 fully saturated rings. The lowest BCUT2D eigenvalue weighted by molar-refractivity contribution is 0.0665. The largest absolute Gasteiger partial charge is 0.338 e. The maximum Gasteiger partial charge on any atom is 0.317 e. The highest BCUT2D eigenvalue weighted by atomic mass is 16.2. The molecule has 0 atom stereocenters. The molecule has 7 heteroatoms. The second-order valence-corrected chi connectivity index (χ2v) is 6.03. The van der Waals surface area contributed by atoms with Crippen molar-refractivity contribution in [1.29, 1.82) is 0 Å². The third-order valence-corrected chi connectivity index (χ3v) is 4.25. The van der Waals surface area contributed by atoms with E-state index in [-0.39, 0.29) is 11.9 Å². The molecule has 2 heterocycles. The molecule has 0 saturated carbocycles. The average Bonchev–Trinajstić information content (AvgIpc) is 3.11. The number of nitrogens with zero attached hydrogens (tertiary/aromatic N) is 4. The van der Waals surface area contributed by atoms with Crippen molar-refractivity contribution in [3.05, 3.63) is 53.9 Å². The third-order valence-electron chi connectivity index (χ3n) is 4.25. The molecule has 3 amide bonds. The summed E-state index contributed by atoms with van der Waals surface area (Å²) in [6.07, 6.45) is 3.40. The lowest BCUT2D eigenvalue weighted by Crippen LogP contribution is -2.53. The highest BCUT2D eigenvalue weighted by molar-refractivity contribution is 5.94. The lowest BCUT2D eigenvalue weighted by Gasteiger charge is -2.34. The van der Waals surface area contributed by atoms with Crippen LogP contribution >= 0.6 is 0 Å². The Labute approximate surface area is 147 Å². The van der Waals surface area contributed by atoms with Gasteiger partial charge in [-0.25, -0.2) is 4.79 Å². The molecule has 1 aliphatic heterocycles. The molecule has 1 aliphatic rings. The molecular formula is C18H23N5O2. The molecule has 25 heavy (non-hydrogen) atoms. The zero-order chi connectivity index (χ0) is 17.6. The summed E-state index contributed by atoms with van der Waals surface area (Å²) >= 11 is 0. The Morgan fingerprint density at radius 3 is 2.44 bits per heavy atom. The number of amides is 3. The van der Waals surface area contributed by atoms with E-state index in [0.29, 0.717) is 44.8 Å². The SMILES string of the molecule is CCNC(=O)N1CCN(C(=O)c2cnn(Cc3ccccc3)c2)CC1. The number of hydrogen-bond acceptors (Lipinski definition) is 3. The first-order chi connectivity index (χ1) is 12.2. The van der Waals surface area contributed by atoms with E-state index in [1.165, 1.54) is 0 Å². The highest BCUT2D eigenvalue weighted by Gasteiger charge is 2.25. The molecule has 2 aromatic rings. The first kappa shape index (κ1) is 17.0. The Morgan fingerprint density at radius 2 is 1.76 bits per heavy atom. The van der Waals surface area contributed by atoms with Gasteiger partial charge in [-0.15, -0.1) is 0 Å². The van der Waals surface area contributed by atoms with Gasteiger partial charge in [0.1, 0.15) is 0 Å². The second kappa shape index (κ2) is 7.83. The summed E-state index contributed by atoms with van der Waals surface area (Å²) in [7, 11) is 0. The normalized spacial score (nSPS) is 14.4. The second-order valence-electron chi connectivity index (χ2n) is 6.03. The van der Waals surface area contributed by atoms with Crippen molar-refractivity contribution in [2.45, 2.75) is 13.5 Å². The van der Waals surface area contributed by atoms with E-state index in [0.717, 1.165) is 5.56 Å². The topological polar surface area (TPSA) is 70.5 Å². The van der Waals surface area contributed by atoms with Crippen LogP contribution in [-0.4, -0.2) is 64.2 Å². The maximum absolute atomic E-state index is 12.6. The number of benzene rings is 1. The van der Waals surface area contributed by atoms with Gasteiger partial charge in [0, 0.05) is 38.9 Å². The van der Waals surface area contributed by atoms with Crippen LogP contribution in [0.3, 0.4) is 0 Å². The van der Waals surface area contributed by atoms with E-state index in [2.05, 4.69) is 10.4 Å². The number of carbonyl (C=O) groups is 2. The molecular weight excluding hydrogens is 318 g/mol. The Hall–Kier alpha value is -2.83. The lowest BCUT2D eigenvalue weighted by atomic mass is 10.2. The molecule has 0 unspecified atom stereocenters. The van der Waals surface area contributed by atoms with Gasteiger partial charge in [-0.05, 0) is 12.5 Å². The number of rotatable bonds is 4. The van der Waals surface area contributed by atoms with Crippen LogP contribution in [0.25, 0.3) is 0 Å². The van der Waals surface area contributed by atoms with E-state index < -0.39 is 0 Å². The predicted octanol–water partition coefficient (Wildman–Crippen LogP) is 1.42. The number of piperazine rings is 1. The molecule has 132 valence electrons. The van der Waals surface area contributed by atoms with Crippen LogP contribution in [-0.2, 0) is 6.54 Å². The summed E-state index contributed by atoms with van der Waals surface area (Å²) in [6.45, 7) is 5.33. The van der Waals surface area contributed by atoms with Gasteiger partial charge >= 0.3 is 6.03 Å². The van der Waals surface area contributed by atoms with Gasteiger partial charge in [-0.2, -0.15) is 5.10 Å². The van der Waals surface area contributed by atoms with Gasteiger partial charge in [-0.3, -0.25) is 9.48 Å². The standard InChI is InChI=1S/C18H23N5O2/c1-2-19-18(25)22-10-8-21(9-11-22)17(24)16-12-20-23(14-16)13-15-6-4-3-5-7-15/h3-7,12,14H,2,8-11,13H2,1H3,(H,19,25). The summed E-state index contributed by atoms with van der Waals surface area (Å²) in [5.74, 6) is -0.0325. The van der Waals surface area contributed by atoms with E-state index in [4.69, 9.17) is 0 Å². The van der Waals surface area contributed by atoms with Crippen LogP contribution in [0.4, 0.5) is 4.79 Å². The quantitative estimate of drug-likeness (QED) is 0.914. The van der Waals surface area contributed by atoms with Crippen molar-refractivity contribution < 1.29 is 9.59 Å². The number of nitrogens with one attached hydrogen (secondary N) is 1. The Balaban J connectivity index is 1.56. The Bertz CT molecular complexity index is 720. The fourth-order valence-electron chi connectivity index (χ4n) is 2.89. The van der Waals surface area contributed by atoms with Crippen LogP contribution in [0.5, 0.6) is 0 Å². The Morgan fingerprint density at radius 1 is 1.08 bits per heavy atom. The van der Waals surface area contributed by atoms with Gasteiger partial charge in [0.15, 0.2) is 0 Å². The summed E-state index contributed by atoms with van der Waals surface area (Å²) in [6, 6.07) is 9.94. The van der Waals surface area contributed by atoms with Gasteiger partial charge in [0.2, 0.25) is 0 Å². The average molecular weight is 341 g/mol. The molecule has 1 saturated heterocycles. The van der Waals surface area contributed by atoms with Gasteiger partial charge < -0.3 is 15.1 Å². The van der Waals surface area contributed by atoms with Crippen LogP contribution in [0.15, 0.2) is 42.7 Å². The van der Waals surface area contributed by atoms with E-state index in [1.54, 1.807) is 26.9 Å². The third kappa shape index (κ3) is 4.17. The van der Waals surface area contributed by atoms with Gasteiger partial charge in [-0.1, -0.05) is 30.3 Å². The smallest absolute Gasteiger partial charge is 0.317 e. The minimum atomic E-state index is -0.0646.